The molecule has 2 unspecified atom stereocenters. The van der Waals surface area contributed by atoms with Gasteiger partial charge in [0, 0.05) is 0 Å². The molecule has 0 heterocycles. The standard InChI is InChI=1S/C11H22O2/c1-4-6-8-10(7-5-2)11(13)9(3)12/h10-11,13H,4-8H2,1-3H3. The lowest BCUT2D eigenvalue weighted by Gasteiger charge is -2.19. The summed E-state index contributed by atoms with van der Waals surface area (Å²) in [5, 5.41) is 9.59. The molecule has 0 radical (unpaired) electrons. The highest BCUT2D eigenvalue weighted by atomic mass is 16.3. The van der Waals surface area contributed by atoms with Crippen molar-refractivity contribution in [2.75, 3.05) is 0 Å². The van der Waals surface area contributed by atoms with E-state index in [9.17, 15) is 9.90 Å². The summed E-state index contributed by atoms with van der Waals surface area (Å²) in [4.78, 5) is 11.0. The lowest BCUT2D eigenvalue weighted by atomic mass is 9.90. The molecule has 2 heteroatoms. The van der Waals surface area contributed by atoms with Crippen LogP contribution in [0.25, 0.3) is 0 Å². The SMILES string of the molecule is CCCCC(CCC)C(O)C(C)=O. The molecule has 2 atom stereocenters. The lowest BCUT2D eigenvalue weighted by molar-refractivity contribution is -0.127. The number of aliphatic hydroxyl groups excluding tert-OH is 1. The fourth-order valence-electron chi connectivity index (χ4n) is 1.63. The number of carbonyl (C=O) groups excluding carboxylic acids is 1. The maximum absolute atomic E-state index is 11.0. The summed E-state index contributed by atoms with van der Waals surface area (Å²) in [6.07, 6.45) is 4.48. The topological polar surface area (TPSA) is 37.3 Å². The Labute approximate surface area is 81.3 Å². The maximum atomic E-state index is 11.0. The lowest BCUT2D eigenvalue weighted by Crippen LogP contribution is -2.27. The van der Waals surface area contributed by atoms with Gasteiger partial charge in [0.2, 0.25) is 0 Å². The van der Waals surface area contributed by atoms with E-state index in [1.807, 2.05) is 0 Å². The molecule has 0 saturated carbocycles. The largest absolute Gasteiger partial charge is 0.385 e. The summed E-state index contributed by atoms with van der Waals surface area (Å²) in [5.74, 6) is 0.0944. The Bertz CT molecular complexity index is 143. The number of aliphatic hydroxyl groups is 1. The highest BCUT2D eigenvalue weighted by Crippen LogP contribution is 2.19. The van der Waals surface area contributed by atoms with E-state index < -0.39 is 6.10 Å². The first kappa shape index (κ1) is 12.6. The van der Waals surface area contributed by atoms with Crippen molar-refractivity contribution in [3.8, 4) is 0 Å². The van der Waals surface area contributed by atoms with E-state index in [0.29, 0.717) is 0 Å². The van der Waals surface area contributed by atoms with E-state index in [1.165, 1.54) is 6.92 Å². The van der Waals surface area contributed by atoms with E-state index in [1.54, 1.807) is 0 Å². The van der Waals surface area contributed by atoms with Crippen LogP contribution in [0.15, 0.2) is 0 Å². The predicted molar refractivity (Wildman–Crippen MR) is 54.6 cm³/mol. The zero-order valence-corrected chi connectivity index (χ0v) is 9.05. The number of unbranched alkanes of at least 4 members (excludes halogenated alkanes) is 1. The molecule has 0 aromatic carbocycles. The highest BCUT2D eigenvalue weighted by Gasteiger charge is 2.21. The molecule has 0 aromatic rings. The molecular weight excluding hydrogens is 164 g/mol. The van der Waals surface area contributed by atoms with Crippen LogP contribution in [-0.2, 0) is 4.79 Å². The van der Waals surface area contributed by atoms with Crippen LogP contribution in [0.1, 0.15) is 52.9 Å². The van der Waals surface area contributed by atoms with Crippen LogP contribution in [0.2, 0.25) is 0 Å². The fraction of sp³-hybridized carbons (Fsp3) is 0.909. The Kier molecular flexibility index (Phi) is 6.87. The van der Waals surface area contributed by atoms with Gasteiger partial charge in [-0.3, -0.25) is 4.79 Å². The zero-order chi connectivity index (χ0) is 10.3. The Morgan fingerprint density at radius 1 is 1.23 bits per heavy atom. The summed E-state index contributed by atoms with van der Waals surface area (Å²) in [7, 11) is 0. The second kappa shape index (κ2) is 7.07. The van der Waals surface area contributed by atoms with E-state index in [-0.39, 0.29) is 11.7 Å². The minimum Gasteiger partial charge on any atom is -0.385 e. The van der Waals surface area contributed by atoms with Gasteiger partial charge in [0.25, 0.3) is 0 Å². The van der Waals surface area contributed by atoms with Gasteiger partial charge in [0.15, 0.2) is 5.78 Å². The monoisotopic (exact) mass is 186 g/mol. The molecule has 0 rings (SSSR count). The van der Waals surface area contributed by atoms with Gasteiger partial charge < -0.3 is 5.11 Å². The van der Waals surface area contributed by atoms with Crippen molar-refractivity contribution in [3.05, 3.63) is 0 Å². The molecule has 0 fully saturated rings. The molecule has 0 aliphatic heterocycles. The first-order valence-electron chi connectivity index (χ1n) is 5.32. The van der Waals surface area contributed by atoms with Crippen LogP contribution >= 0.6 is 0 Å². The van der Waals surface area contributed by atoms with Gasteiger partial charge in [0.1, 0.15) is 6.10 Å². The molecule has 0 spiro atoms. The number of hydrogen-bond acceptors (Lipinski definition) is 2. The summed E-state index contributed by atoms with van der Waals surface area (Å²) in [6.45, 7) is 5.69. The van der Waals surface area contributed by atoms with Gasteiger partial charge in [-0.2, -0.15) is 0 Å². The van der Waals surface area contributed by atoms with E-state index in [0.717, 1.165) is 32.1 Å². The van der Waals surface area contributed by atoms with E-state index >= 15 is 0 Å². The van der Waals surface area contributed by atoms with Crippen LogP contribution in [0.5, 0.6) is 0 Å². The average molecular weight is 186 g/mol. The van der Waals surface area contributed by atoms with Crippen molar-refractivity contribution in [3.63, 3.8) is 0 Å². The third-order valence-corrected chi connectivity index (χ3v) is 2.45. The molecule has 0 amide bonds. The fourth-order valence-corrected chi connectivity index (χ4v) is 1.63. The predicted octanol–water partition coefficient (Wildman–Crippen LogP) is 2.54. The Morgan fingerprint density at radius 3 is 2.23 bits per heavy atom. The molecular formula is C11H22O2. The molecule has 2 nitrogen and oxygen atoms in total. The van der Waals surface area contributed by atoms with Crippen LogP contribution in [-0.4, -0.2) is 17.0 Å². The second-order valence-electron chi connectivity index (χ2n) is 3.75. The third-order valence-electron chi connectivity index (χ3n) is 2.45. The van der Waals surface area contributed by atoms with Gasteiger partial charge in [-0.05, 0) is 25.7 Å². The maximum Gasteiger partial charge on any atom is 0.158 e. The summed E-state index contributed by atoms with van der Waals surface area (Å²) < 4.78 is 0. The molecule has 0 saturated heterocycles. The van der Waals surface area contributed by atoms with Gasteiger partial charge >= 0.3 is 0 Å². The van der Waals surface area contributed by atoms with Crippen molar-refractivity contribution in [2.45, 2.75) is 59.0 Å². The van der Waals surface area contributed by atoms with Crippen molar-refractivity contribution in [1.82, 2.24) is 0 Å². The number of carbonyl (C=O) groups is 1. The molecule has 0 aliphatic carbocycles. The zero-order valence-electron chi connectivity index (χ0n) is 9.05. The van der Waals surface area contributed by atoms with E-state index in [4.69, 9.17) is 0 Å². The molecule has 13 heavy (non-hydrogen) atoms. The van der Waals surface area contributed by atoms with E-state index in [2.05, 4.69) is 13.8 Å². The number of Topliss-reactive ketones (excluding diaryl/α,β-unsaturated/α-hetero) is 1. The summed E-state index contributed by atoms with van der Waals surface area (Å²) in [5.41, 5.74) is 0. The third kappa shape index (κ3) is 5.04. The minimum absolute atomic E-state index is 0.0884. The van der Waals surface area contributed by atoms with Crippen molar-refractivity contribution in [1.29, 1.82) is 0 Å². The first-order chi connectivity index (χ1) is 6.13. The quantitative estimate of drug-likeness (QED) is 0.663. The highest BCUT2D eigenvalue weighted by molar-refractivity contribution is 5.80. The smallest absolute Gasteiger partial charge is 0.158 e. The second-order valence-corrected chi connectivity index (χ2v) is 3.75. The molecule has 0 bridgehead atoms. The average Bonchev–Trinajstić information content (AvgIpc) is 2.11. The van der Waals surface area contributed by atoms with Crippen LogP contribution in [0, 0.1) is 5.92 Å². The number of rotatable bonds is 7. The molecule has 78 valence electrons. The summed E-state index contributed by atoms with van der Waals surface area (Å²) >= 11 is 0. The molecule has 0 aromatic heterocycles. The number of hydrogen-bond donors (Lipinski definition) is 1. The van der Waals surface area contributed by atoms with Crippen LogP contribution in [0.4, 0.5) is 0 Å². The minimum atomic E-state index is -0.730. The van der Waals surface area contributed by atoms with Crippen LogP contribution < -0.4 is 0 Å². The molecule has 0 aliphatic rings. The summed E-state index contributed by atoms with van der Waals surface area (Å²) in [6, 6.07) is 0. The Morgan fingerprint density at radius 2 is 1.85 bits per heavy atom. The first-order valence-corrected chi connectivity index (χ1v) is 5.32. The van der Waals surface area contributed by atoms with Gasteiger partial charge in [-0.15, -0.1) is 0 Å². The van der Waals surface area contributed by atoms with Crippen molar-refractivity contribution in [2.24, 2.45) is 5.92 Å². The van der Waals surface area contributed by atoms with Gasteiger partial charge in [-0.25, -0.2) is 0 Å². The van der Waals surface area contributed by atoms with Gasteiger partial charge in [0.05, 0.1) is 0 Å². The normalized spacial score (nSPS) is 15.4. The van der Waals surface area contributed by atoms with Crippen molar-refractivity contribution >= 4 is 5.78 Å². The Balaban J connectivity index is 3.98. The van der Waals surface area contributed by atoms with Crippen molar-refractivity contribution < 1.29 is 9.90 Å². The molecule has 1 N–H and O–H groups in total. The Hall–Kier alpha value is -0.370. The number of ketones is 1. The van der Waals surface area contributed by atoms with Crippen LogP contribution in [0.3, 0.4) is 0 Å². The van der Waals surface area contributed by atoms with Gasteiger partial charge in [-0.1, -0.05) is 33.1 Å².